The molecule has 4 N–H and O–H groups in total. The van der Waals surface area contributed by atoms with Gasteiger partial charge in [-0.1, -0.05) is 0 Å². The summed E-state index contributed by atoms with van der Waals surface area (Å²) >= 11 is 0. The predicted molar refractivity (Wildman–Crippen MR) is 46.9 cm³/mol. The summed E-state index contributed by atoms with van der Waals surface area (Å²) in [7, 11) is 0. The van der Waals surface area contributed by atoms with Gasteiger partial charge in [-0.2, -0.15) is 0 Å². The summed E-state index contributed by atoms with van der Waals surface area (Å²) in [4.78, 5) is 15.1. The topological polar surface area (TPSA) is 84.6 Å². The zero-order chi connectivity index (χ0) is 9.68. The molecule has 0 aliphatic rings. The van der Waals surface area contributed by atoms with Crippen molar-refractivity contribution >= 4 is 11.6 Å². The third-order valence-electron chi connectivity index (χ3n) is 1.37. The molecule has 0 heterocycles. The number of benzene rings is 1. The van der Waals surface area contributed by atoms with Crippen molar-refractivity contribution in [2.75, 3.05) is 11.9 Å². The molecule has 1 rings (SSSR count). The number of amides is 1. The zero-order valence-electron chi connectivity index (χ0n) is 6.86. The van der Waals surface area contributed by atoms with E-state index in [0.717, 1.165) is 0 Å². The first-order chi connectivity index (χ1) is 6.22. The first kappa shape index (κ1) is 9.50. The Morgan fingerprint density at radius 2 is 2.08 bits per heavy atom. The first-order valence-corrected chi connectivity index (χ1v) is 3.63. The summed E-state index contributed by atoms with van der Waals surface area (Å²) in [5, 5.41) is 11.5. The van der Waals surface area contributed by atoms with Crippen LogP contribution in [-0.4, -0.2) is 17.6 Å². The molecule has 5 nitrogen and oxygen atoms in total. The highest BCUT2D eigenvalue weighted by atomic mass is 16.6. The summed E-state index contributed by atoms with van der Waals surface area (Å²) in [6.07, 6.45) is 0. The molecule has 0 fully saturated rings. The average molecular weight is 182 g/mol. The number of carbonyl (C=O) groups is 1. The van der Waals surface area contributed by atoms with E-state index in [-0.39, 0.29) is 18.3 Å². The average Bonchev–Trinajstić information content (AvgIpc) is 2.09. The molecule has 0 spiro atoms. The highest BCUT2D eigenvalue weighted by Gasteiger charge is 2.00. The molecule has 70 valence electrons. The predicted octanol–water partition coefficient (Wildman–Crippen LogP) is 0.221. The lowest BCUT2D eigenvalue weighted by molar-refractivity contribution is -0.120. The van der Waals surface area contributed by atoms with E-state index in [2.05, 4.69) is 10.2 Å². The first-order valence-electron chi connectivity index (χ1n) is 3.63. The second-order valence-corrected chi connectivity index (χ2v) is 2.41. The van der Waals surface area contributed by atoms with Crippen LogP contribution in [0.1, 0.15) is 0 Å². The van der Waals surface area contributed by atoms with E-state index >= 15 is 0 Å². The Labute approximate surface area is 75.1 Å². The summed E-state index contributed by atoms with van der Waals surface area (Å²) in [5.41, 5.74) is 0.583. The van der Waals surface area contributed by atoms with Crippen molar-refractivity contribution in [3.63, 3.8) is 0 Å². The molecule has 5 heteroatoms. The van der Waals surface area contributed by atoms with Gasteiger partial charge in [-0.3, -0.25) is 9.63 Å². The minimum absolute atomic E-state index is 0.146. The van der Waals surface area contributed by atoms with Crippen molar-refractivity contribution in [2.45, 2.75) is 0 Å². The number of rotatable bonds is 3. The standard InChI is InChI=1S/C8H10N2O3/c9-13-5-8(12)10-6-1-3-7(11)4-2-6/h1-4,11H,5,9H2,(H,10,12). The molecule has 0 aliphatic heterocycles. The number of hydrogen-bond donors (Lipinski definition) is 3. The van der Waals surface area contributed by atoms with Crippen LogP contribution in [0.15, 0.2) is 24.3 Å². The van der Waals surface area contributed by atoms with Gasteiger partial charge in [0.25, 0.3) is 5.91 Å². The van der Waals surface area contributed by atoms with Gasteiger partial charge in [-0.05, 0) is 24.3 Å². The largest absolute Gasteiger partial charge is 0.508 e. The Balaban J connectivity index is 2.54. The molecule has 0 aliphatic carbocycles. The number of nitrogens with one attached hydrogen (secondary N) is 1. The molecular weight excluding hydrogens is 172 g/mol. The number of carbonyl (C=O) groups excluding carboxylic acids is 1. The monoisotopic (exact) mass is 182 g/mol. The number of phenolic OH excluding ortho intramolecular Hbond substituents is 1. The Hall–Kier alpha value is -1.59. The van der Waals surface area contributed by atoms with Crippen molar-refractivity contribution in [3.8, 4) is 5.75 Å². The lowest BCUT2D eigenvalue weighted by Crippen LogP contribution is -2.20. The summed E-state index contributed by atoms with van der Waals surface area (Å²) in [5.74, 6) is 4.51. The Bertz CT molecular complexity index is 284. The molecule has 1 amide bonds. The summed E-state index contributed by atoms with van der Waals surface area (Å²) < 4.78 is 0. The van der Waals surface area contributed by atoms with Crippen LogP contribution >= 0.6 is 0 Å². The van der Waals surface area contributed by atoms with E-state index in [1.807, 2.05) is 0 Å². The third-order valence-corrected chi connectivity index (χ3v) is 1.37. The van der Waals surface area contributed by atoms with Crippen LogP contribution in [-0.2, 0) is 9.63 Å². The SMILES string of the molecule is NOCC(=O)Nc1ccc(O)cc1. The van der Waals surface area contributed by atoms with Crippen LogP contribution < -0.4 is 11.2 Å². The highest BCUT2D eigenvalue weighted by molar-refractivity contribution is 5.91. The summed E-state index contributed by atoms with van der Waals surface area (Å²) in [6.45, 7) is -0.194. The normalized spacial score (nSPS) is 9.62. The Morgan fingerprint density at radius 3 is 2.62 bits per heavy atom. The minimum Gasteiger partial charge on any atom is -0.508 e. The fourth-order valence-corrected chi connectivity index (χ4v) is 0.818. The molecule has 0 bridgehead atoms. The van der Waals surface area contributed by atoms with Gasteiger partial charge in [-0.25, -0.2) is 5.90 Å². The minimum atomic E-state index is -0.340. The van der Waals surface area contributed by atoms with E-state index in [0.29, 0.717) is 5.69 Å². The van der Waals surface area contributed by atoms with Crippen molar-refractivity contribution in [2.24, 2.45) is 5.90 Å². The van der Waals surface area contributed by atoms with Crippen molar-refractivity contribution in [3.05, 3.63) is 24.3 Å². The van der Waals surface area contributed by atoms with Gasteiger partial charge in [-0.15, -0.1) is 0 Å². The van der Waals surface area contributed by atoms with Gasteiger partial charge in [0.15, 0.2) is 0 Å². The van der Waals surface area contributed by atoms with Crippen LogP contribution in [0.4, 0.5) is 5.69 Å². The molecule has 0 saturated heterocycles. The van der Waals surface area contributed by atoms with E-state index in [4.69, 9.17) is 11.0 Å². The summed E-state index contributed by atoms with van der Waals surface area (Å²) in [6, 6.07) is 6.09. The molecule has 0 unspecified atom stereocenters. The van der Waals surface area contributed by atoms with Crippen LogP contribution in [0.5, 0.6) is 5.75 Å². The molecular formula is C8H10N2O3. The van der Waals surface area contributed by atoms with Gasteiger partial charge in [0.05, 0.1) is 0 Å². The van der Waals surface area contributed by atoms with Crippen molar-refractivity contribution in [1.82, 2.24) is 0 Å². The van der Waals surface area contributed by atoms with Gasteiger partial charge in [0, 0.05) is 5.69 Å². The number of hydrogen-bond acceptors (Lipinski definition) is 4. The van der Waals surface area contributed by atoms with E-state index in [1.54, 1.807) is 12.1 Å². The van der Waals surface area contributed by atoms with E-state index in [1.165, 1.54) is 12.1 Å². The molecule has 1 aromatic rings. The third kappa shape index (κ3) is 3.10. The molecule has 0 atom stereocenters. The van der Waals surface area contributed by atoms with Gasteiger partial charge < -0.3 is 10.4 Å². The van der Waals surface area contributed by atoms with Gasteiger partial charge in [0.1, 0.15) is 12.4 Å². The smallest absolute Gasteiger partial charge is 0.252 e. The maximum absolute atomic E-state index is 10.9. The van der Waals surface area contributed by atoms with E-state index in [9.17, 15) is 4.79 Å². The molecule has 1 aromatic carbocycles. The fraction of sp³-hybridized carbons (Fsp3) is 0.125. The number of aromatic hydroxyl groups is 1. The number of anilines is 1. The fourth-order valence-electron chi connectivity index (χ4n) is 0.818. The molecule has 0 radical (unpaired) electrons. The lowest BCUT2D eigenvalue weighted by atomic mass is 10.3. The number of phenols is 1. The molecule has 0 aromatic heterocycles. The highest BCUT2D eigenvalue weighted by Crippen LogP contribution is 2.13. The maximum Gasteiger partial charge on any atom is 0.252 e. The van der Waals surface area contributed by atoms with Gasteiger partial charge in [0.2, 0.25) is 0 Å². The zero-order valence-corrected chi connectivity index (χ0v) is 6.86. The maximum atomic E-state index is 10.9. The van der Waals surface area contributed by atoms with Crippen LogP contribution in [0, 0.1) is 0 Å². The van der Waals surface area contributed by atoms with Crippen LogP contribution in [0.3, 0.4) is 0 Å². The quantitative estimate of drug-likeness (QED) is 0.461. The van der Waals surface area contributed by atoms with E-state index < -0.39 is 0 Å². The van der Waals surface area contributed by atoms with Crippen molar-refractivity contribution < 1.29 is 14.7 Å². The number of nitrogens with two attached hydrogens (primary N) is 1. The second kappa shape index (κ2) is 4.44. The molecule has 0 saturated carbocycles. The van der Waals surface area contributed by atoms with Gasteiger partial charge >= 0.3 is 0 Å². The second-order valence-electron chi connectivity index (χ2n) is 2.41. The Morgan fingerprint density at radius 1 is 1.46 bits per heavy atom. The molecule has 13 heavy (non-hydrogen) atoms. The van der Waals surface area contributed by atoms with Crippen LogP contribution in [0.25, 0.3) is 0 Å². The lowest BCUT2D eigenvalue weighted by Gasteiger charge is -2.03. The van der Waals surface area contributed by atoms with Crippen molar-refractivity contribution in [1.29, 1.82) is 0 Å². The van der Waals surface area contributed by atoms with Crippen LogP contribution in [0.2, 0.25) is 0 Å². The Kier molecular flexibility index (Phi) is 3.24.